The Morgan fingerprint density at radius 1 is 1.06 bits per heavy atom. The summed E-state index contributed by atoms with van der Waals surface area (Å²) >= 11 is 5.73. The molecule has 160 valence electrons. The van der Waals surface area contributed by atoms with Crippen molar-refractivity contribution in [2.24, 2.45) is 5.10 Å². The number of hydrogen-bond acceptors (Lipinski definition) is 7. The van der Waals surface area contributed by atoms with Crippen molar-refractivity contribution in [1.29, 1.82) is 0 Å². The molecule has 0 aliphatic carbocycles. The molecule has 0 saturated carbocycles. The van der Waals surface area contributed by atoms with Crippen LogP contribution in [0.4, 0.5) is 0 Å². The summed E-state index contributed by atoms with van der Waals surface area (Å²) in [4.78, 5) is 23.6. The third kappa shape index (κ3) is 6.51. The van der Waals surface area contributed by atoms with Gasteiger partial charge in [-0.25, -0.2) is 23.4 Å². The zero-order valence-electron chi connectivity index (χ0n) is 15.8. The number of furan rings is 1. The molecule has 3 aromatic rings. The van der Waals surface area contributed by atoms with Gasteiger partial charge in [0, 0.05) is 5.02 Å². The van der Waals surface area contributed by atoms with E-state index < -0.39 is 28.4 Å². The van der Waals surface area contributed by atoms with Crippen molar-refractivity contribution in [2.75, 3.05) is 6.54 Å². The Kier molecular flexibility index (Phi) is 7.19. The largest absolute Gasteiger partial charge is 0.457 e. The highest BCUT2D eigenvalue weighted by Crippen LogP contribution is 2.14. The molecule has 0 fully saturated rings. The number of hydrogen-bond donors (Lipinski definition) is 2. The number of nitrogens with one attached hydrogen (secondary N) is 2. The summed E-state index contributed by atoms with van der Waals surface area (Å²) in [5.74, 6) is -0.892. The van der Waals surface area contributed by atoms with Crippen LogP contribution in [-0.4, -0.2) is 33.1 Å². The minimum atomic E-state index is -3.85. The summed E-state index contributed by atoms with van der Waals surface area (Å²) in [5, 5.41) is 4.16. The average Bonchev–Trinajstić information content (AvgIpc) is 3.29. The van der Waals surface area contributed by atoms with Crippen LogP contribution in [0.5, 0.6) is 5.75 Å². The molecule has 0 aliphatic rings. The molecule has 0 aliphatic heterocycles. The predicted molar refractivity (Wildman–Crippen MR) is 112 cm³/mol. The fourth-order valence-electron chi connectivity index (χ4n) is 2.25. The first-order chi connectivity index (χ1) is 14.8. The molecule has 0 bridgehead atoms. The highest BCUT2D eigenvalue weighted by atomic mass is 35.5. The average molecular weight is 462 g/mol. The van der Waals surface area contributed by atoms with Crippen LogP contribution in [0.2, 0.25) is 5.02 Å². The number of halogens is 1. The lowest BCUT2D eigenvalue weighted by Gasteiger charge is -2.06. The SMILES string of the molecule is O=C(CNS(=O)(=O)c1ccc(Cl)cc1)N/N=C\c1ccc(OC(=O)c2ccco2)cc1. The van der Waals surface area contributed by atoms with E-state index in [1.807, 2.05) is 0 Å². The first-order valence-electron chi connectivity index (χ1n) is 8.76. The fourth-order valence-corrected chi connectivity index (χ4v) is 3.36. The van der Waals surface area contributed by atoms with Gasteiger partial charge in [0.1, 0.15) is 5.75 Å². The Morgan fingerprint density at radius 3 is 2.42 bits per heavy atom. The standard InChI is InChI=1S/C20H16ClN3O6S/c21-15-5-9-17(10-6-15)31(27,28)23-13-19(25)24-22-12-14-3-7-16(8-4-14)30-20(26)18-2-1-11-29-18/h1-12,23H,13H2,(H,24,25)/b22-12-. The number of benzene rings is 2. The highest BCUT2D eigenvalue weighted by Gasteiger charge is 2.15. The molecule has 2 N–H and O–H groups in total. The molecule has 0 atom stereocenters. The van der Waals surface area contributed by atoms with Crippen molar-refractivity contribution in [3.05, 3.63) is 83.3 Å². The van der Waals surface area contributed by atoms with Crippen molar-refractivity contribution in [3.63, 3.8) is 0 Å². The van der Waals surface area contributed by atoms with E-state index in [0.717, 1.165) is 0 Å². The second-order valence-corrected chi connectivity index (χ2v) is 8.21. The lowest BCUT2D eigenvalue weighted by atomic mass is 10.2. The number of rotatable bonds is 8. The molecule has 1 aromatic heterocycles. The monoisotopic (exact) mass is 461 g/mol. The number of sulfonamides is 1. The molecule has 31 heavy (non-hydrogen) atoms. The number of carbonyl (C=O) groups excluding carboxylic acids is 2. The quantitative estimate of drug-likeness (QED) is 0.230. The molecule has 0 spiro atoms. The molecule has 11 heteroatoms. The van der Waals surface area contributed by atoms with E-state index in [4.69, 9.17) is 20.8 Å². The molecule has 3 rings (SSSR count). The van der Waals surface area contributed by atoms with Crippen molar-refractivity contribution in [1.82, 2.24) is 10.1 Å². The second-order valence-electron chi connectivity index (χ2n) is 6.01. The Hall–Kier alpha value is -3.47. The van der Waals surface area contributed by atoms with Gasteiger partial charge in [-0.2, -0.15) is 5.10 Å². The van der Waals surface area contributed by atoms with Crippen LogP contribution in [0.3, 0.4) is 0 Å². The van der Waals surface area contributed by atoms with Crippen molar-refractivity contribution in [2.45, 2.75) is 4.90 Å². The number of hydrazone groups is 1. The van der Waals surface area contributed by atoms with Crippen LogP contribution in [0.1, 0.15) is 16.1 Å². The molecular formula is C20H16ClN3O6S. The second kappa shape index (κ2) is 10.0. The Bertz CT molecular complexity index is 1170. The van der Waals surface area contributed by atoms with Gasteiger partial charge in [0.05, 0.1) is 23.9 Å². The van der Waals surface area contributed by atoms with Crippen LogP contribution < -0.4 is 14.9 Å². The molecule has 9 nitrogen and oxygen atoms in total. The maximum Gasteiger partial charge on any atom is 0.379 e. The Balaban J connectivity index is 1.47. The number of esters is 1. The minimum Gasteiger partial charge on any atom is -0.457 e. The summed E-state index contributed by atoms with van der Waals surface area (Å²) in [5.41, 5.74) is 2.83. The number of amides is 1. The predicted octanol–water partition coefficient (Wildman–Crippen LogP) is 2.58. The van der Waals surface area contributed by atoms with E-state index in [9.17, 15) is 18.0 Å². The molecule has 0 saturated heterocycles. The summed E-state index contributed by atoms with van der Waals surface area (Å²) < 4.78 is 36.5. The summed E-state index contributed by atoms with van der Waals surface area (Å²) in [6.07, 6.45) is 2.72. The van der Waals surface area contributed by atoms with Gasteiger partial charge in [0.15, 0.2) is 0 Å². The smallest absolute Gasteiger partial charge is 0.379 e. The first-order valence-corrected chi connectivity index (χ1v) is 10.6. The van der Waals surface area contributed by atoms with Crippen LogP contribution in [0.25, 0.3) is 0 Å². The number of carbonyl (C=O) groups is 2. The summed E-state index contributed by atoms with van der Waals surface area (Å²) in [6.45, 7) is -0.496. The summed E-state index contributed by atoms with van der Waals surface area (Å²) in [7, 11) is -3.85. The van der Waals surface area contributed by atoms with E-state index in [1.165, 1.54) is 42.8 Å². The summed E-state index contributed by atoms with van der Waals surface area (Å²) in [6, 6.07) is 14.9. The van der Waals surface area contributed by atoms with Gasteiger partial charge >= 0.3 is 5.97 Å². The normalized spacial score (nSPS) is 11.4. The van der Waals surface area contributed by atoms with E-state index in [2.05, 4.69) is 15.2 Å². The van der Waals surface area contributed by atoms with Gasteiger partial charge in [-0.1, -0.05) is 11.6 Å². The lowest BCUT2D eigenvalue weighted by Crippen LogP contribution is -2.34. The van der Waals surface area contributed by atoms with Gasteiger partial charge in [0.2, 0.25) is 15.8 Å². The Morgan fingerprint density at radius 2 is 1.77 bits per heavy atom. The van der Waals surface area contributed by atoms with Crippen LogP contribution >= 0.6 is 11.6 Å². The lowest BCUT2D eigenvalue weighted by molar-refractivity contribution is -0.119. The van der Waals surface area contributed by atoms with Gasteiger partial charge < -0.3 is 9.15 Å². The topological polar surface area (TPSA) is 127 Å². The number of ether oxygens (including phenoxy) is 1. The highest BCUT2D eigenvalue weighted by molar-refractivity contribution is 7.89. The molecule has 2 aromatic carbocycles. The van der Waals surface area contributed by atoms with E-state index in [-0.39, 0.29) is 10.7 Å². The molecule has 1 amide bonds. The van der Waals surface area contributed by atoms with Gasteiger partial charge in [-0.15, -0.1) is 0 Å². The molecule has 0 unspecified atom stereocenters. The fraction of sp³-hybridized carbons (Fsp3) is 0.0500. The van der Waals surface area contributed by atoms with Crippen molar-refractivity contribution >= 4 is 39.7 Å². The third-order valence-electron chi connectivity index (χ3n) is 3.76. The first kappa shape index (κ1) is 22.2. The van der Waals surface area contributed by atoms with E-state index >= 15 is 0 Å². The maximum atomic E-state index is 12.1. The third-order valence-corrected chi connectivity index (χ3v) is 5.43. The molecular weight excluding hydrogens is 446 g/mol. The molecule has 1 heterocycles. The van der Waals surface area contributed by atoms with Crippen molar-refractivity contribution < 1.29 is 27.2 Å². The van der Waals surface area contributed by atoms with Crippen LogP contribution in [0, 0.1) is 0 Å². The van der Waals surface area contributed by atoms with Crippen molar-refractivity contribution in [3.8, 4) is 5.75 Å². The zero-order valence-corrected chi connectivity index (χ0v) is 17.4. The maximum absolute atomic E-state index is 12.1. The Labute approximate surface area is 182 Å². The van der Waals surface area contributed by atoms with Gasteiger partial charge in [-0.3, -0.25) is 4.79 Å². The van der Waals surface area contributed by atoms with E-state index in [1.54, 1.807) is 30.3 Å². The zero-order chi connectivity index (χ0) is 22.3. The molecule has 0 radical (unpaired) electrons. The van der Waals surface area contributed by atoms with Crippen LogP contribution in [0.15, 0.2) is 81.3 Å². The minimum absolute atomic E-state index is 0.0129. The van der Waals surface area contributed by atoms with Crippen LogP contribution in [-0.2, 0) is 14.8 Å². The number of nitrogens with zero attached hydrogens (tertiary/aromatic N) is 1. The van der Waals surface area contributed by atoms with E-state index in [0.29, 0.717) is 16.3 Å². The van der Waals surface area contributed by atoms with Gasteiger partial charge in [-0.05, 0) is 66.2 Å². The van der Waals surface area contributed by atoms with Gasteiger partial charge in [0.25, 0.3) is 5.91 Å².